The first-order valence-corrected chi connectivity index (χ1v) is 8.62. The van der Waals surface area contributed by atoms with Crippen LogP contribution in [-0.2, 0) is 6.42 Å². The van der Waals surface area contributed by atoms with E-state index in [2.05, 4.69) is 61.5 Å². The third-order valence-corrected chi connectivity index (χ3v) is 5.05. The number of hydrogen-bond donors (Lipinski definition) is 1. The smallest absolute Gasteiger partial charge is 0.133 e. The van der Waals surface area contributed by atoms with Gasteiger partial charge in [0.25, 0.3) is 0 Å². The number of allylic oxidation sites excluding steroid dienone is 5. The highest BCUT2D eigenvalue weighted by Gasteiger charge is 2.32. The summed E-state index contributed by atoms with van der Waals surface area (Å²) in [6, 6.07) is 3.55. The van der Waals surface area contributed by atoms with E-state index in [1.54, 1.807) is 13.2 Å². The van der Waals surface area contributed by atoms with Crippen LogP contribution in [0, 0.1) is 11.3 Å². The van der Waals surface area contributed by atoms with E-state index in [0.717, 1.165) is 27.8 Å². The lowest BCUT2D eigenvalue weighted by molar-refractivity contribution is 0.283. The molecule has 0 fully saturated rings. The average Bonchev–Trinajstić information content (AvgIpc) is 2.42. The van der Waals surface area contributed by atoms with Crippen molar-refractivity contribution in [1.29, 1.82) is 0 Å². The van der Waals surface area contributed by atoms with Gasteiger partial charge >= 0.3 is 0 Å². The zero-order valence-corrected chi connectivity index (χ0v) is 15.9. The van der Waals surface area contributed by atoms with Crippen molar-refractivity contribution in [3.8, 4) is 11.5 Å². The minimum atomic E-state index is 0.172. The van der Waals surface area contributed by atoms with Gasteiger partial charge in [-0.15, -0.1) is 0 Å². The van der Waals surface area contributed by atoms with Crippen molar-refractivity contribution in [1.82, 2.24) is 0 Å². The molecular weight excluding hydrogens is 352 g/mol. The average molecular weight is 377 g/mol. The van der Waals surface area contributed by atoms with E-state index in [1.165, 1.54) is 5.57 Å². The molecular formula is C20H25BrO2. The number of rotatable bonds is 4. The Morgan fingerprint density at radius 1 is 1.43 bits per heavy atom. The van der Waals surface area contributed by atoms with Gasteiger partial charge in [-0.05, 0) is 58.8 Å². The lowest BCUT2D eigenvalue weighted by Crippen LogP contribution is -2.27. The SMILES string of the molecule is C=C1C=C(C)CC(C)(C)C1C=CCc1cc(OC)c(Br)cc1O. The van der Waals surface area contributed by atoms with Gasteiger partial charge in [0, 0.05) is 11.5 Å². The number of aromatic hydroxyl groups is 1. The van der Waals surface area contributed by atoms with Crippen molar-refractivity contribution in [3.05, 3.63) is 58.1 Å². The molecule has 0 saturated heterocycles. The number of methoxy groups -OCH3 is 1. The second-order valence-electron chi connectivity index (χ2n) is 6.96. The van der Waals surface area contributed by atoms with Crippen LogP contribution in [0.4, 0.5) is 0 Å². The van der Waals surface area contributed by atoms with Crippen molar-refractivity contribution >= 4 is 15.9 Å². The Balaban J connectivity index is 2.17. The molecule has 23 heavy (non-hydrogen) atoms. The third-order valence-electron chi connectivity index (χ3n) is 4.43. The number of benzene rings is 1. The first-order chi connectivity index (χ1) is 10.7. The monoisotopic (exact) mass is 376 g/mol. The summed E-state index contributed by atoms with van der Waals surface area (Å²) < 4.78 is 6.05. The number of hydrogen-bond acceptors (Lipinski definition) is 2. The fourth-order valence-electron chi connectivity index (χ4n) is 3.41. The third kappa shape index (κ3) is 4.08. The second kappa shape index (κ2) is 6.96. The predicted octanol–water partition coefficient (Wildman–Crippen LogP) is 5.81. The Morgan fingerprint density at radius 3 is 2.74 bits per heavy atom. The molecule has 0 spiro atoms. The Kier molecular flexibility index (Phi) is 5.41. The molecule has 2 rings (SSSR count). The summed E-state index contributed by atoms with van der Waals surface area (Å²) >= 11 is 3.38. The fraction of sp³-hybridized carbons (Fsp3) is 0.400. The molecule has 2 nitrogen and oxygen atoms in total. The minimum absolute atomic E-state index is 0.172. The van der Waals surface area contributed by atoms with Gasteiger partial charge < -0.3 is 9.84 Å². The zero-order valence-electron chi connectivity index (χ0n) is 14.3. The Hall–Kier alpha value is -1.48. The highest BCUT2D eigenvalue weighted by Crippen LogP contribution is 2.43. The van der Waals surface area contributed by atoms with Gasteiger partial charge in [0.05, 0.1) is 11.6 Å². The van der Waals surface area contributed by atoms with E-state index in [4.69, 9.17) is 4.74 Å². The lowest BCUT2D eigenvalue weighted by atomic mass is 9.67. The van der Waals surface area contributed by atoms with E-state index >= 15 is 0 Å². The summed E-state index contributed by atoms with van der Waals surface area (Å²) in [6.45, 7) is 10.9. The molecule has 0 amide bonds. The zero-order chi connectivity index (χ0) is 17.2. The highest BCUT2D eigenvalue weighted by atomic mass is 79.9. The Labute approximate surface area is 147 Å². The molecule has 1 aliphatic carbocycles. The predicted molar refractivity (Wildman–Crippen MR) is 100.0 cm³/mol. The van der Waals surface area contributed by atoms with Crippen LogP contribution in [0.1, 0.15) is 32.8 Å². The van der Waals surface area contributed by atoms with Crippen molar-refractivity contribution in [2.24, 2.45) is 11.3 Å². The normalized spacial score (nSPS) is 20.7. The van der Waals surface area contributed by atoms with Gasteiger partial charge in [-0.3, -0.25) is 0 Å². The largest absolute Gasteiger partial charge is 0.508 e. The quantitative estimate of drug-likeness (QED) is 0.671. The van der Waals surface area contributed by atoms with Crippen LogP contribution in [0.25, 0.3) is 0 Å². The van der Waals surface area contributed by atoms with Gasteiger partial charge in [-0.2, -0.15) is 0 Å². The van der Waals surface area contributed by atoms with Crippen LogP contribution >= 0.6 is 15.9 Å². The highest BCUT2D eigenvalue weighted by molar-refractivity contribution is 9.10. The summed E-state index contributed by atoms with van der Waals surface area (Å²) in [7, 11) is 1.62. The molecule has 1 aromatic rings. The summed E-state index contributed by atoms with van der Waals surface area (Å²) in [6.07, 6.45) is 8.28. The molecule has 124 valence electrons. The molecule has 1 atom stereocenters. The first kappa shape index (κ1) is 17.9. The molecule has 0 aliphatic heterocycles. The van der Waals surface area contributed by atoms with E-state index in [0.29, 0.717) is 12.3 Å². The van der Waals surface area contributed by atoms with Crippen LogP contribution in [0.15, 0.2) is 52.6 Å². The maximum atomic E-state index is 10.1. The van der Waals surface area contributed by atoms with Crippen molar-refractivity contribution in [2.45, 2.75) is 33.6 Å². The lowest BCUT2D eigenvalue weighted by Gasteiger charge is -2.37. The molecule has 0 aromatic heterocycles. The van der Waals surface area contributed by atoms with E-state index < -0.39 is 0 Å². The topological polar surface area (TPSA) is 29.5 Å². The minimum Gasteiger partial charge on any atom is -0.508 e. The van der Waals surface area contributed by atoms with Gasteiger partial charge in [-0.1, -0.05) is 44.2 Å². The van der Waals surface area contributed by atoms with Gasteiger partial charge in [0.2, 0.25) is 0 Å². The number of phenols is 1. The molecule has 1 aromatic carbocycles. The van der Waals surface area contributed by atoms with E-state index in [9.17, 15) is 5.11 Å². The van der Waals surface area contributed by atoms with Crippen LogP contribution < -0.4 is 4.74 Å². The molecule has 0 saturated carbocycles. The van der Waals surface area contributed by atoms with Crippen LogP contribution in [0.2, 0.25) is 0 Å². The molecule has 1 unspecified atom stereocenters. The molecule has 0 bridgehead atoms. The summed E-state index contributed by atoms with van der Waals surface area (Å²) in [5, 5.41) is 10.1. The second-order valence-corrected chi connectivity index (χ2v) is 7.81. The number of ether oxygens (including phenoxy) is 1. The van der Waals surface area contributed by atoms with E-state index in [1.807, 2.05) is 6.07 Å². The van der Waals surface area contributed by atoms with Gasteiger partial charge in [-0.25, -0.2) is 0 Å². The Bertz CT molecular complexity index is 668. The van der Waals surface area contributed by atoms with Crippen molar-refractivity contribution in [2.75, 3.05) is 7.11 Å². The van der Waals surface area contributed by atoms with E-state index in [-0.39, 0.29) is 11.2 Å². The Morgan fingerprint density at radius 2 is 2.13 bits per heavy atom. The van der Waals surface area contributed by atoms with Crippen molar-refractivity contribution in [3.63, 3.8) is 0 Å². The molecule has 3 heteroatoms. The molecule has 1 aliphatic rings. The van der Waals surface area contributed by atoms with Gasteiger partial charge in [0.1, 0.15) is 11.5 Å². The maximum absolute atomic E-state index is 10.1. The fourth-order valence-corrected chi connectivity index (χ4v) is 3.90. The number of phenolic OH excluding ortho intramolecular Hbond substituents is 1. The van der Waals surface area contributed by atoms with Crippen LogP contribution in [0.5, 0.6) is 11.5 Å². The maximum Gasteiger partial charge on any atom is 0.133 e. The number of halogens is 1. The van der Waals surface area contributed by atoms with Crippen molar-refractivity contribution < 1.29 is 9.84 Å². The van der Waals surface area contributed by atoms with Gasteiger partial charge in [0.15, 0.2) is 0 Å². The molecule has 1 N–H and O–H groups in total. The molecule has 0 radical (unpaired) electrons. The molecule has 0 heterocycles. The summed E-state index contributed by atoms with van der Waals surface area (Å²) in [5.74, 6) is 1.33. The van der Waals surface area contributed by atoms with Crippen LogP contribution in [0.3, 0.4) is 0 Å². The van der Waals surface area contributed by atoms with Crippen LogP contribution in [-0.4, -0.2) is 12.2 Å². The standard InChI is InChI=1S/C20H25BrO2/c1-13-9-14(2)16(20(3,4)12-13)8-6-7-15-10-19(23-5)17(21)11-18(15)22/h6,8-11,16,22H,2,7,12H2,1,3-5H3. The summed E-state index contributed by atoms with van der Waals surface area (Å²) in [4.78, 5) is 0. The summed E-state index contributed by atoms with van der Waals surface area (Å²) in [5.41, 5.74) is 3.58. The first-order valence-electron chi connectivity index (χ1n) is 7.82.